The molecular formula is C10H12F3O6PS. The van der Waals surface area contributed by atoms with Gasteiger partial charge in [0, 0.05) is 0 Å². The molecule has 0 aromatic heterocycles. The summed E-state index contributed by atoms with van der Waals surface area (Å²) < 4.78 is 79.3. The molecule has 1 aromatic carbocycles. The zero-order chi connectivity index (χ0) is 16.3. The van der Waals surface area contributed by atoms with Gasteiger partial charge in [0.05, 0.1) is 0 Å². The monoisotopic (exact) mass is 348 g/mol. The molecule has 0 saturated heterocycles. The minimum absolute atomic E-state index is 0.0364. The molecule has 11 heteroatoms. The molecule has 1 aromatic rings. The van der Waals surface area contributed by atoms with Crippen LogP contribution in [0, 0.1) is 0 Å². The zero-order valence-corrected chi connectivity index (χ0v) is 12.5. The maximum Gasteiger partial charge on any atom is 0.573 e. The quantitative estimate of drug-likeness (QED) is 0.627. The summed E-state index contributed by atoms with van der Waals surface area (Å²) in [4.78, 5) is 7.79. The Morgan fingerprint density at radius 1 is 1.33 bits per heavy atom. The average molecular weight is 348 g/mol. The first kappa shape index (κ1) is 18.0. The van der Waals surface area contributed by atoms with Crippen LogP contribution in [0.3, 0.4) is 0 Å². The number of rotatable bonds is 6. The lowest BCUT2D eigenvalue weighted by atomic mass is 10.1. The number of hydrogen-bond donors (Lipinski definition) is 1. The highest BCUT2D eigenvalue weighted by Gasteiger charge is 2.35. The van der Waals surface area contributed by atoms with Gasteiger partial charge in [-0.2, -0.15) is 8.42 Å². The minimum Gasteiger partial charge on any atom is -0.404 e. The Morgan fingerprint density at radius 2 is 1.95 bits per heavy atom. The minimum atomic E-state index is -5.08. The molecular weight excluding hydrogens is 336 g/mol. The van der Waals surface area contributed by atoms with Gasteiger partial charge in [0.1, 0.15) is 11.2 Å². The third kappa shape index (κ3) is 5.31. The van der Waals surface area contributed by atoms with Crippen molar-refractivity contribution in [1.82, 2.24) is 0 Å². The Kier molecular flexibility index (Phi) is 5.80. The predicted octanol–water partition coefficient (Wildman–Crippen LogP) is 2.28. The summed E-state index contributed by atoms with van der Waals surface area (Å²) in [6, 6.07) is 3.32. The summed E-state index contributed by atoms with van der Waals surface area (Å²) in [6.07, 6.45) is -6.00. The van der Waals surface area contributed by atoms with Gasteiger partial charge in [-0.3, -0.25) is 8.75 Å². The van der Waals surface area contributed by atoms with Crippen molar-refractivity contribution in [1.29, 1.82) is 0 Å². The molecule has 120 valence electrons. The molecule has 0 radical (unpaired) electrons. The van der Waals surface area contributed by atoms with E-state index in [-0.39, 0.29) is 12.0 Å². The van der Waals surface area contributed by atoms with Crippen molar-refractivity contribution in [3.8, 4) is 5.75 Å². The van der Waals surface area contributed by atoms with Crippen molar-refractivity contribution in [2.24, 2.45) is 0 Å². The molecule has 0 aliphatic rings. The summed E-state index contributed by atoms with van der Waals surface area (Å²) >= 11 is 0. The zero-order valence-electron chi connectivity index (χ0n) is 10.7. The number of halogens is 3. The lowest BCUT2D eigenvalue weighted by Crippen LogP contribution is -2.20. The number of aryl methyl sites for hydroxylation is 1. The van der Waals surface area contributed by atoms with Gasteiger partial charge in [0.2, 0.25) is 8.03 Å². The second-order valence-corrected chi connectivity index (χ2v) is 6.38. The maximum atomic E-state index is 12.3. The van der Waals surface area contributed by atoms with Crippen molar-refractivity contribution in [3.63, 3.8) is 0 Å². The van der Waals surface area contributed by atoms with E-state index in [1.807, 2.05) is 0 Å². The Labute approximate surface area is 119 Å². The molecule has 0 heterocycles. The van der Waals surface area contributed by atoms with Gasteiger partial charge in [0.25, 0.3) is 0 Å². The van der Waals surface area contributed by atoms with E-state index in [0.717, 1.165) is 6.07 Å². The van der Waals surface area contributed by atoms with E-state index >= 15 is 0 Å². The SMILES string of the molecule is CCc1cccc(OC(F)(F)F)c1S(=O)(=O)OC[PH](=O)O. The Morgan fingerprint density at radius 3 is 2.43 bits per heavy atom. The van der Waals surface area contributed by atoms with Gasteiger partial charge in [-0.1, -0.05) is 19.1 Å². The Bertz CT molecular complexity index is 628. The molecule has 6 nitrogen and oxygen atoms in total. The van der Waals surface area contributed by atoms with Crippen LogP contribution in [0.1, 0.15) is 12.5 Å². The number of alkyl halides is 3. The van der Waals surface area contributed by atoms with Gasteiger partial charge >= 0.3 is 16.5 Å². The van der Waals surface area contributed by atoms with E-state index in [1.165, 1.54) is 19.1 Å². The lowest BCUT2D eigenvalue weighted by molar-refractivity contribution is -0.275. The second-order valence-electron chi connectivity index (χ2n) is 3.76. The van der Waals surface area contributed by atoms with Gasteiger partial charge in [-0.25, -0.2) is 0 Å². The summed E-state index contributed by atoms with van der Waals surface area (Å²) in [6.45, 7) is 1.53. The third-order valence-electron chi connectivity index (χ3n) is 2.25. The molecule has 0 saturated carbocycles. The highest BCUT2D eigenvalue weighted by molar-refractivity contribution is 7.87. The van der Waals surface area contributed by atoms with E-state index in [4.69, 9.17) is 4.89 Å². The fourth-order valence-corrected chi connectivity index (χ4v) is 3.55. The molecule has 1 unspecified atom stereocenters. The highest BCUT2D eigenvalue weighted by Crippen LogP contribution is 2.34. The van der Waals surface area contributed by atoms with Crippen molar-refractivity contribution in [2.75, 3.05) is 6.35 Å². The summed E-state index contributed by atoms with van der Waals surface area (Å²) in [5, 5.41) is 0. The molecule has 0 spiro atoms. The molecule has 21 heavy (non-hydrogen) atoms. The van der Waals surface area contributed by atoms with Crippen molar-refractivity contribution < 1.29 is 40.0 Å². The first-order valence-corrected chi connectivity index (χ1v) is 8.52. The average Bonchev–Trinajstić information content (AvgIpc) is 2.34. The van der Waals surface area contributed by atoms with Crippen LogP contribution >= 0.6 is 8.03 Å². The van der Waals surface area contributed by atoms with Crippen LogP contribution in [0.2, 0.25) is 0 Å². The summed E-state index contributed by atoms with van der Waals surface area (Å²) in [5.74, 6) is -0.945. The predicted molar refractivity (Wildman–Crippen MR) is 66.9 cm³/mol. The van der Waals surface area contributed by atoms with Crippen LogP contribution in [0.4, 0.5) is 13.2 Å². The molecule has 0 amide bonds. The van der Waals surface area contributed by atoms with E-state index in [2.05, 4.69) is 8.92 Å². The number of hydrogen-bond acceptors (Lipinski definition) is 5. The molecule has 1 atom stereocenters. The standard InChI is InChI=1S/C10H12F3O6PS/c1-2-7-4-3-5-8(19-10(11,12)13)9(7)21(16,17)18-6-20(14)15/h3-5,20H,2,6H2,1H3,(H,14,15). The Balaban J connectivity index is 3.33. The molecule has 1 rings (SSSR count). The molecule has 0 fully saturated rings. The van der Waals surface area contributed by atoms with E-state index in [9.17, 15) is 26.2 Å². The fraction of sp³-hybridized carbons (Fsp3) is 0.400. The van der Waals surface area contributed by atoms with Gasteiger partial charge in [-0.15, -0.1) is 13.2 Å². The largest absolute Gasteiger partial charge is 0.573 e. The topological polar surface area (TPSA) is 89.9 Å². The van der Waals surface area contributed by atoms with Crippen LogP contribution in [0.15, 0.2) is 23.1 Å². The van der Waals surface area contributed by atoms with Gasteiger partial charge in [-0.05, 0) is 18.1 Å². The van der Waals surface area contributed by atoms with Crippen LogP contribution in [-0.2, 0) is 25.3 Å². The van der Waals surface area contributed by atoms with E-state index < -0.39 is 41.5 Å². The van der Waals surface area contributed by atoms with Crippen LogP contribution in [-0.4, -0.2) is 26.0 Å². The van der Waals surface area contributed by atoms with Crippen LogP contribution < -0.4 is 4.74 Å². The van der Waals surface area contributed by atoms with Gasteiger partial charge in [0.15, 0.2) is 5.75 Å². The van der Waals surface area contributed by atoms with E-state index in [0.29, 0.717) is 0 Å². The maximum absolute atomic E-state index is 12.3. The summed E-state index contributed by atoms with van der Waals surface area (Å²) in [7, 11) is -7.92. The molecule has 0 bridgehead atoms. The lowest BCUT2D eigenvalue weighted by Gasteiger charge is -2.15. The number of ether oxygens (including phenoxy) is 1. The first-order valence-electron chi connectivity index (χ1n) is 5.55. The second kappa shape index (κ2) is 6.78. The van der Waals surface area contributed by atoms with Crippen LogP contribution in [0.25, 0.3) is 0 Å². The molecule has 1 N–H and O–H groups in total. The third-order valence-corrected chi connectivity index (χ3v) is 4.25. The smallest absolute Gasteiger partial charge is 0.404 e. The van der Waals surface area contributed by atoms with Crippen molar-refractivity contribution in [2.45, 2.75) is 24.6 Å². The first-order chi connectivity index (χ1) is 9.57. The fourth-order valence-electron chi connectivity index (χ4n) is 1.52. The molecule has 0 aliphatic carbocycles. The Hall–Kier alpha value is -1.09. The van der Waals surface area contributed by atoms with Crippen LogP contribution in [0.5, 0.6) is 5.75 Å². The van der Waals surface area contributed by atoms with E-state index in [1.54, 1.807) is 0 Å². The molecule has 0 aliphatic heterocycles. The van der Waals surface area contributed by atoms with Gasteiger partial charge < -0.3 is 9.63 Å². The van der Waals surface area contributed by atoms with Crippen molar-refractivity contribution >= 4 is 18.1 Å². The number of benzene rings is 1. The normalized spacial score (nSPS) is 14.0. The van der Waals surface area contributed by atoms with Crippen molar-refractivity contribution in [3.05, 3.63) is 23.8 Å². The summed E-state index contributed by atoms with van der Waals surface area (Å²) in [5.41, 5.74) is 0.0364. The highest BCUT2D eigenvalue weighted by atomic mass is 32.2.